The van der Waals surface area contributed by atoms with Crippen LogP contribution in [0.3, 0.4) is 0 Å². The van der Waals surface area contributed by atoms with E-state index in [1.807, 2.05) is 0 Å². The summed E-state index contributed by atoms with van der Waals surface area (Å²) in [5, 5.41) is 14.7. The minimum absolute atomic E-state index is 0.172. The standard InChI is InChI=1S/C13H22N2O3/c1-12(2)7-4-9(8-12)14-11(18)15-13(10(16)17)5-3-6-13/h9H,3-8H2,1-2H3,(H,16,17)(H2,14,15,18). The molecule has 0 aromatic rings. The average molecular weight is 254 g/mol. The average Bonchev–Trinajstić information content (AvgIpc) is 2.51. The molecule has 0 aromatic heterocycles. The fourth-order valence-corrected chi connectivity index (χ4v) is 2.92. The van der Waals surface area contributed by atoms with E-state index < -0.39 is 11.5 Å². The molecule has 3 N–H and O–H groups in total. The van der Waals surface area contributed by atoms with Crippen molar-refractivity contribution in [3.8, 4) is 0 Å². The van der Waals surface area contributed by atoms with E-state index >= 15 is 0 Å². The van der Waals surface area contributed by atoms with Gasteiger partial charge in [-0.25, -0.2) is 9.59 Å². The van der Waals surface area contributed by atoms with Gasteiger partial charge in [0.2, 0.25) is 0 Å². The molecule has 5 heteroatoms. The first-order chi connectivity index (χ1) is 8.33. The smallest absolute Gasteiger partial charge is 0.329 e. The predicted molar refractivity (Wildman–Crippen MR) is 67.3 cm³/mol. The van der Waals surface area contributed by atoms with Crippen LogP contribution in [0.1, 0.15) is 52.4 Å². The lowest BCUT2D eigenvalue weighted by atomic mass is 9.77. The Balaban J connectivity index is 1.84. The lowest BCUT2D eigenvalue weighted by Crippen LogP contribution is -2.61. The summed E-state index contributed by atoms with van der Waals surface area (Å²) in [6.07, 6.45) is 4.96. The molecule has 0 heterocycles. The lowest BCUT2D eigenvalue weighted by Gasteiger charge is -2.38. The molecule has 0 bridgehead atoms. The number of amides is 2. The van der Waals surface area contributed by atoms with E-state index in [0.29, 0.717) is 12.8 Å². The van der Waals surface area contributed by atoms with Gasteiger partial charge in [-0.3, -0.25) is 0 Å². The second kappa shape index (κ2) is 4.44. The number of carbonyl (C=O) groups excluding carboxylic acids is 1. The monoisotopic (exact) mass is 254 g/mol. The van der Waals surface area contributed by atoms with Gasteiger partial charge in [0.05, 0.1) is 0 Å². The fraction of sp³-hybridized carbons (Fsp3) is 0.846. The van der Waals surface area contributed by atoms with Crippen molar-refractivity contribution in [3.63, 3.8) is 0 Å². The highest BCUT2D eigenvalue weighted by molar-refractivity contribution is 5.87. The van der Waals surface area contributed by atoms with E-state index in [9.17, 15) is 9.59 Å². The molecule has 1 atom stereocenters. The molecular formula is C13H22N2O3. The summed E-state index contributed by atoms with van der Waals surface area (Å²) in [5.74, 6) is -0.921. The van der Waals surface area contributed by atoms with E-state index in [1.165, 1.54) is 0 Å². The Hall–Kier alpha value is -1.26. The predicted octanol–water partition coefficient (Wildman–Crippen LogP) is 1.87. The molecule has 0 spiro atoms. The number of hydrogen-bond donors (Lipinski definition) is 3. The maximum absolute atomic E-state index is 11.8. The van der Waals surface area contributed by atoms with Gasteiger partial charge in [-0.1, -0.05) is 13.8 Å². The number of rotatable bonds is 3. The van der Waals surface area contributed by atoms with Crippen molar-refractivity contribution >= 4 is 12.0 Å². The van der Waals surface area contributed by atoms with Gasteiger partial charge in [-0.2, -0.15) is 0 Å². The van der Waals surface area contributed by atoms with E-state index in [4.69, 9.17) is 5.11 Å². The van der Waals surface area contributed by atoms with Crippen molar-refractivity contribution in [3.05, 3.63) is 0 Å². The maximum Gasteiger partial charge on any atom is 0.329 e. The van der Waals surface area contributed by atoms with Crippen LogP contribution in [0.4, 0.5) is 4.79 Å². The van der Waals surface area contributed by atoms with Crippen molar-refractivity contribution in [1.82, 2.24) is 10.6 Å². The third-order valence-corrected chi connectivity index (χ3v) is 4.27. The highest BCUT2D eigenvalue weighted by atomic mass is 16.4. The van der Waals surface area contributed by atoms with Gasteiger partial charge < -0.3 is 15.7 Å². The molecule has 102 valence electrons. The number of urea groups is 1. The van der Waals surface area contributed by atoms with Gasteiger partial charge in [-0.15, -0.1) is 0 Å². The first-order valence-electron chi connectivity index (χ1n) is 6.65. The van der Waals surface area contributed by atoms with E-state index in [-0.39, 0.29) is 17.5 Å². The Morgan fingerprint density at radius 3 is 2.28 bits per heavy atom. The lowest BCUT2D eigenvalue weighted by molar-refractivity contribution is -0.148. The normalized spacial score (nSPS) is 28.2. The molecule has 0 aliphatic heterocycles. The van der Waals surface area contributed by atoms with Crippen LogP contribution >= 0.6 is 0 Å². The molecular weight excluding hydrogens is 232 g/mol. The molecule has 0 aromatic carbocycles. The Bertz CT molecular complexity index is 361. The van der Waals surface area contributed by atoms with Crippen LogP contribution in [0.2, 0.25) is 0 Å². The van der Waals surface area contributed by atoms with Crippen LogP contribution in [0, 0.1) is 5.41 Å². The highest BCUT2D eigenvalue weighted by Crippen LogP contribution is 2.37. The first kappa shape index (κ1) is 13.2. The summed E-state index contributed by atoms with van der Waals surface area (Å²) in [5.41, 5.74) is -0.739. The second-order valence-electron chi connectivity index (χ2n) is 6.44. The molecule has 2 aliphatic rings. The van der Waals surface area contributed by atoms with E-state index in [2.05, 4.69) is 24.5 Å². The summed E-state index contributed by atoms with van der Waals surface area (Å²) >= 11 is 0. The fourth-order valence-electron chi connectivity index (χ4n) is 2.92. The van der Waals surface area contributed by atoms with Crippen molar-refractivity contribution in [2.45, 2.75) is 64.0 Å². The second-order valence-corrected chi connectivity index (χ2v) is 6.44. The topological polar surface area (TPSA) is 78.4 Å². The van der Waals surface area contributed by atoms with Gasteiger partial charge in [0.1, 0.15) is 5.54 Å². The molecule has 2 amide bonds. The van der Waals surface area contributed by atoms with Crippen molar-refractivity contribution in [2.75, 3.05) is 0 Å². The molecule has 18 heavy (non-hydrogen) atoms. The molecule has 1 unspecified atom stereocenters. The van der Waals surface area contributed by atoms with Gasteiger partial charge >= 0.3 is 12.0 Å². The molecule has 0 radical (unpaired) electrons. The maximum atomic E-state index is 11.8. The molecule has 2 fully saturated rings. The number of carboxylic acid groups (broad SMARTS) is 1. The zero-order chi connectivity index (χ0) is 13.4. The van der Waals surface area contributed by atoms with Crippen LogP contribution in [0.15, 0.2) is 0 Å². The van der Waals surface area contributed by atoms with Crippen LogP contribution in [0.25, 0.3) is 0 Å². The number of carbonyl (C=O) groups is 2. The summed E-state index contributed by atoms with van der Waals surface area (Å²) < 4.78 is 0. The third-order valence-electron chi connectivity index (χ3n) is 4.27. The van der Waals surface area contributed by atoms with Crippen molar-refractivity contribution < 1.29 is 14.7 Å². The number of aliphatic carboxylic acids is 1. The summed E-state index contributed by atoms with van der Waals surface area (Å²) in [7, 11) is 0. The van der Waals surface area contributed by atoms with Crippen molar-refractivity contribution in [1.29, 1.82) is 0 Å². The van der Waals surface area contributed by atoms with Gasteiger partial charge in [-0.05, 0) is 43.9 Å². The Morgan fingerprint density at radius 2 is 1.89 bits per heavy atom. The Morgan fingerprint density at radius 1 is 1.22 bits per heavy atom. The Labute approximate surface area is 107 Å². The van der Waals surface area contributed by atoms with Gasteiger partial charge in [0, 0.05) is 6.04 Å². The quantitative estimate of drug-likeness (QED) is 0.719. The van der Waals surface area contributed by atoms with Gasteiger partial charge in [0.25, 0.3) is 0 Å². The molecule has 2 saturated carbocycles. The van der Waals surface area contributed by atoms with E-state index in [1.54, 1.807) is 0 Å². The zero-order valence-electron chi connectivity index (χ0n) is 11.1. The number of nitrogens with one attached hydrogen (secondary N) is 2. The first-order valence-corrected chi connectivity index (χ1v) is 6.65. The van der Waals surface area contributed by atoms with Crippen LogP contribution < -0.4 is 10.6 Å². The number of carboxylic acids is 1. The summed E-state index contributed by atoms with van der Waals surface area (Å²) in [6, 6.07) is -0.161. The highest BCUT2D eigenvalue weighted by Gasteiger charge is 2.46. The number of hydrogen-bond acceptors (Lipinski definition) is 2. The van der Waals surface area contributed by atoms with Gasteiger partial charge in [0.15, 0.2) is 0 Å². The molecule has 5 nitrogen and oxygen atoms in total. The minimum Gasteiger partial charge on any atom is -0.480 e. The SMILES string of the molecule is CC1(C)CCC(NC(=O)NC2(C(=O)O)CCC2)C1. The minimum atomic E-state index is -1.02. The zero-order valence-corrected chi connectivity index (χ0v) is 11.1. The molecule has 2 aliphatic carbocycles. The molecule has 0 saturated heterocycles. The third kappa shape index (κ3) is 2.60. The summed E-state index contributed by atoms with van der Waals surface area (Å²) in [6.45, 7) is 4.38. The van der Waals surface area contributed by atoms with Crippen LogP contribution in [-0.4, -0.2) is 28.7 Å². The van der Waals surface area contributed by atoms with Crippen molar-refractivity contribution in [2.24, 2.45) is 5.41 Å². The van der Waals surface area contributed by atoms with Crippen LogP contribution in [-0.2, 0) is 4.79 Å². The summed E-state index contributed by atoms with van der Waals surface area (Å²) in [4.78, 5) is 23.0. The molecule has 2 rings (SSSR count). The van der Waals surface area contributed by atoms with Crippen LogP contribution in [0.5, 0.6) is 0 Å². The van der Waals surface area contributed by atoms with E-state index in [0.717, 1.165) is 25.7 Å². The largest absolute Gasteiger partial charge is 0.480 e. The Kier molecular flexibility index (Phi) is 3.25.